The summed E-state index contributed by atoms with van der Waals surface area (Å²) in [6, 6.07) is 8.71. The van der Waals surface area contributed by atoms with E-state index >= 15 is 0 Å². The highest BCUT2D eigenvalue weighted by Gasteiger charge is 2.21. The Hall–Kier alpha value is -2.04. The van der Waals surface area contributed by atoms with Gasteiger partial charge in [0.1, 0.15) is 12.6 Å². The van der Waals surface area contributed by atoms with Crippen LogP contribution in [-0.2, 0) is 20.9 Å². The first-order valence-corrected chi connectivity index (χ1v) is 6.81. The van der Waals surface area contributed by atoms with Crippen molar-refractivity contribution in [1.82, 2.24) is 5.32 Å². The van der Waals surface area contributed by atoms with Gasteiger partial charge in [0.15, 0.2) is 0 Å². The first-order chi connectivity index (χ1) is 9.67. The van der Waals surface area contributed by atoms with E-state index in [0.717, 1.165) is 12.0 Å². The second-order valence-corrected chi connectivity index (χ2v) is 4.30. The van der Waals surface area contributed by atoms with E-state index in [-0.39, 0.29) is 6.61 Å². The lowest BCUT2D eigenvalue weighted by atomic mass is 10.2. The molecule has 1 aromatic rings. The van der Waals surface area contributed by atoms with Gasteiger partial charge in [0, 0.05) is 0 Å². The minimum atomic E-state index is -0.650. The average Bonchev–Trinajstić information content (AvgIpc) is 2.46. The molecule has 0 unspecified atom stereocenters. The summed E-state index contributed by atoms with van der Waals surface area (Å²) < 4.78 is 9.99. The van der Waals surface area contributed by atoms with E-state index in [4.69, 9.17) is 9.47 Å². The van der Waals surface area contributed by atoms with Gasteiger partial charge in [0.05, 0.1) is 6.61 Å². The molecule has 20 heavy (non-hydrogen) atoms. The van der Waals surface area contributed by atoms with E-state index in [1.807, 2.05) is 37.3 Å². The van der Waals surface area contributed by atoms with Gasteiger partial charge in [-0.1, -0.05) is 43.7 Å². The quantitative estimate of drug-likeness (QED) is 0.779. The van der Waals surface area contributed by atoms with E-state index in [9.17, 15) is 9.59 Å². The number of esters is 1. The number of amides is 1. The molecule has 1 rings (SSSR count). The predicted molar refractivity (Wildman–Crippen MR) is 75.1 cm³/mol. The molecule has 5 heteroatoms. The molecule has 0 spiro atoms. The van der Waals surface area contributed by atoms with E-state index in [1.165, 1.54) is 0 Å². The van der Waals surface area contributed by atoms with Crippen molar-refractivity contribution in [2.75, 3.05) is 6.61 Å². The predicted octanol–water partition coefficient (Wildman–Crippen LogP) is 2.64. The monoisotopic (exact) mass is 279 g/mol. The standard InChI is InChI=1S/C15H21NO4/c1-3-8-13(14(17)19-4-2)16-15(18)20-11-12-9-6-5-7-10-12/h5-7,9-10,13H,3-4,8,11H2,1-2H3,(H,16,18)/t13-/m1/s1. The maximum absolute atomic E-state index is 11.7. The summed E-state index contributed by atoms with van der Waals surface area (Å²) in [7, 11) is 0. The molecule has 0 aromatic heterocycles. The molecule has 0 radical (unpaired) electrons. The smallest absolute Gasteiger partial charge is 0.408 e. The van der Waals surface area contributed by atoms with E-state index in [2.05, 4.69) is 5.32 Å². The van der Waals surface area contributed by atoms with Crippen molar-refractivity contribution in [2.24, 2.45) is 0 Å². The van der Waals surface area contributed by atoms with Crippen LogP contribution in [0.2, 0.25) is 0 Å². The molecule has 0 saturated carbocycles. The first kappa shape index (κ1) is 16.0. The molecule has 1 atom stereocenters. The molecule has 1 aromatic carbocycles. The number of benzene rings is 1. The number of carbonyl (C=O) groups excluding carboxylic acids is 2. The normalized spacial score (nSPS) is 11.5. The molecule has 1 N–H and O–H groups in total. The molecule has 0 bridgehead atoms. The Balaban J connectivity index is 2.43. The van der Waals surface area contributed by atoms with Gasteiger partial charge in [0.25, 0.3) is 0 Å². The minimum Gasteiger partial charge on any atom is -0.464 e. The van der Waals surface area contributed by atoms with Crippen LogP contribution < -0.4 is 5.32 Å². The van der Waals surface area contributed by atoms with Crippen molar-refractivity contribution in [1.29, 1.82) is 0 Å². The number of hydrogen-bond donors (Lipinski definition) is 1. The van der Waals surface area contributed by atoms with Crippen LogP contribution in [0.25, 0.3) is 0 Å². The molecule has 110 valence electrons. The second kappa shape index (κ2) is 8.96. The van der Waals surface area contributed by atoms with Crippen molar-refractivity contribution in [3.8, 4) is 0 Å². The highest BCUT2D eigenvalue weighted by atomic mass is 16.6. The fourth-order valence-corrected chi connectivity index (χ4v) is 1.69. The third-order valence-electron chi connectivity index (χ3n) is 2.65. The van der Waals surface area contributed by atoms with Crippen LogP contribution in [0.1, 0.15) is 32.3 Å². The van der Waals surface area contributed by atoms with E-state index in [1.54, 1.807) is 6.92 Å². The molecule has 0 fully saturated rings. The van der Waals surface area contributed by atoms with Crippen LogP contribution in [0.3, 0.4) is 0 Å². The third-order valence-corrected chi connectivity index (χ3v) is 2.65. The zero-order valence-corrected chi connectivity index (χ0v) is 11.9. The van der Waals surface area contributed by atoms with Crippen LogP contribution in [0, 0.1) is 0 Å². The van der Waals surface area contributed by atoms with Crippen molar-refractivity contribution < 1.29 is 19.1 Å². The summed E-state index contributed by atoms with van der Waals surface area (Å²) in [5.74, 6) is -0.425. The van der Waals surface area contributed by atoms with Crippen LogP contribution in [0.4, 0.5) is 4.79 Å². The summed E-state index contributed by atoms with van der Waals surface area (Å²) >= 11 is 0. The third kappa shape index (κ3) is 5.73. The van der Waals surface area contributed by atoms with Gasteiger partial charge in [-0.15, -0.1) is 0 Å². The Labute approximate surface area is 119 Å². The average molecular weight is 279 g/mol. The van der Waals surface area contributed by atoms with Gasteiger partial charge < -0.3 is 14.8 Å². The Morgan fingerprint density at radius 1 is 1.15 bits per heavy atom. The summed E-state index contributed by atoms with van der Waals surface area (Å²) in [6.45, 7) is 4.13. The van der Waals surface area contributed by atoms with Crippen LogP contribution in [0.15, 0.2) is 30.3 Å². The SMILES string of the molecule is CCC[C@@H](NC(=O)OCc1ccccc1)C(=O)OCC. The highest BCUT2D eigenvalue weighted by Crippen LogP contribution is 2.03. The lowest BCUT2D eigenvalue weighted by molar-refractivity contribution is -0.145. The van der Waals surface area contributed by atoms with Crippen LogP contribution in [0.5, 0.6) is 0 Å². The van der Waals surface area contributed by atoms with Crippen molar-refractivity contribution in [3.05, 3.63) is 35.9 Å². The van der Waals surface area contributed by atoms with Gasteiger partial charge in [-0.05, 0) is 18.9 Å². The topological polar surface area (TPSA) is 64.6 Å². The van der Waals surface area contributed by atoms with Gasteiger partial charge in [0.2, 0.25) is 0 Å². The lowest BCUT2D eigenvalue weighted by Crippen LogP contribution is -2.42. The van der Waals surface area contributed by atoms with E-state index in [0.29, 0.717) is 13.0 Å². The highest BCUT2D eigenvalue weighted by molar-refractivity contribution is 5.81. The van der Waals surface area contributed by atoms with Crippen molar-refractivity contribution >= 4 is 12.1 Å². The Morgan fingerprint density at radius 3 is 2.45 bits per heavy atom. The Morgan fingerprint density at radius 2 is 1.85 bits per heavy atom. The van der Waals surface area contributed by atoms with E-state index < -0.39 is 18.1 Å². The zero-order chi connectivity index (χ0) is 14.8. The molecule has 0 heterocycles. The number of hydrogen-bond acceptors (Lipinski definition) is 4. The maximum atomic E-state index is 11.7. The zero-order valence-electron chi connectivity index (χ0n) is 11.9. The number of nitrogens with one attached hydrogen (secondary N) is 1. The van der Waals surface area contributed by atoms with Crippen LogP contribution in [-0.4, -0.2) is 24.7 Å². The van der Waals surface area contributed by atoms with Crippen molar-refractivity contribution in [3.63, 3.8) is 0 Å². The van der Waals surface area contributed by atoms with Gasteiger partial charge in [-0.2, -0.15) is 0 Å². The molecule has 1 amide bonds. The largest absolute Gasteiger partial charge is 0.464 e. The number of rotatable bonds is 7. The maximum Gasteiger partial charge on any atom is 0.408 e. The summed E-state index contributed by atoms with van der Waals surface area (Å²) in [5.41, 5.74) is 0.894. The number of ether oxygens (including phenoxy) is 2. The molecular formula is C15H21NO4. The fourth-order valence-electron chi connectivity index (χ4n) is 1.69. The molecular weight excluding hydrogens is 258 g/mol. The molecule has 0 saturated heterocycles. The summed E-state index contributed by atoms with van der Waals surface area (Å²) in [4.78, 5) is 23.3. The second-order valence-electron chi connectivity index (χ2n) is 4.30. The molecule has 0 aliphatic rings. The van der Waals surface area contributed by atoms with Gasteiger partial charge in [-0.25, -0.2) is 9.59 Å². The van der Waals surface area contributed by atoms with Crippen LogP contribution >= 0.6 is 0 Å². The first-order valence-electron chi connectivity index (χ1n) is 6.81. The van der Waals surface area contributed by atoms with Gasteiger partial charge in [-0.3, -0.25) is 0 Å². The minimum absolute atomic E-state index is 0.175. The van der Waals surface area contributed by atoms with Gasteiger partial charge >= 0.3 is 12.1 Å². The Bertz CT molecular complexity index is 419. The molecule has 0 aliphatic heterocycles. The molecule has 5 nitrogen and oxygen atoms in total. The van der Waals surface area contributed by atoms with Crippen molar-refractivity contribution in [2.45, 2.75) is 39.3 Å². The number of alkyl carbamates (subject to hydrolysis) is 1. The lowest BCUT2D eigenvalue weighted by Gasteiger charge is -2.16. The summed E-state index contributed by atoms with van der Waals surface area (Å²) in [6.07, 6.45) is 0.683. The number of carbonyl (C=O) groups is 2. The molecule has 0 aliphatic carbocycles. The fraction of sp³-hybridized carbons (Fsp3) is 0.467. The Kier molecular flexibility index (Phi) is 7.17. The summed E-state index contributed by atoms with van der Waals surface area (Å²) in [5, 5.41) is 2.54.